The zero-order chi connectivity index (χ0) is 26.9. The van der Waals surface area contributed by atoms with Gasteiger partial charge in [-0.05, 0) is 54.1 Å². The standard InChI is InChI=1S/C22H16Cl2F3NO6S2/c1-34-21(29)14-4-2-3-13(9-14)12-35(30,31)20-8-5-15(23)10-19(20)28-36(32,33)16-6-7-18(24)17(11-16)22(25,26)27/h2-11,28H,12H2,1H3. The molecule has 36 heavy (non-hydrogen) atoms. The molecule has 0 aromatic heterocycles. The molecule has 0 saturated heterocycles. The van der Waals surface area contributed by atoms with Crippen molar-refractivity contribution in [1.82, 2.24) is 0 Å². The van der Waals surface area contributed by atoms with Crippen molar-refractivity contribution in [1.29, 1.82) is 0 Å². The van der Waals surface area contributed by atoms with Crippen molar-refractivity contribution in [3.63, 3.8) is 0 Å². The summed E-state index contributed by atoms with van der Waals surface area (Å²) in [6, 6.07) is 10.8. The van der Waals surface area contributed by atoms with Crippen LogP contribution >= 0.6 is 23.2 Å². The minimum Gasteiger partial charge on any atom is -0.465 e. The zero-order valence-corrected chi connectivity index (χ0v) is 21.3. The molecule has 0 aliphatic heterocycles. The molecule has 192 valence electrons. The first kappa shape index (κ1) is 27.8. The summed E-state index contributed by atoms with van der Waals surface area (Å²) in [4.78, 5) is 10.5. The van der Waals surface area contributed by atoms with E-state index >= 15 is 0 Å². The lowest BCUT2D eigenvalue weighted by molar-refractivity contribution is -0.137. The molecule has 0 spiro atoms. The Labute approximate surface area is 214 Å². The highest BCUT2D eigenvalue weighted by Gasteiger charge is 2.35. The van der Waals surface area contributed by atoms with E-state index in [1.165, 1.54) is 30.3 Å². The van der Waals surface area contributed by atoms with Crippen molar-refractivity contribution in [3.8, 4) is 0 Å². The molecule has 1 N–H and O–H groups in total. The van der Waals surface area contributed by atoms with Gasteiger partial charge in [-0.1, -0.05) is 35.3 Å². The number of sulfone groups is 1. The molecule has 0 atom stereocenters. The first-order valence-electron chi connectivity index (χ1n) is 9.73. The lowest BCUT2D eigenvalue weighted by Crippen LogP contribution is -2.17. The number of rotatable bonds is 7. The minimum absolute atomic E-state index is 0.0357. The van der Waals surface area contributed by atoms with E-state index in [1.54, 1.807) is 0 Å². The summed E-state index contributed by atoms with van der Waals surface area (Å²) in [5.74, 6) is -1.32. The monoisotopic (exact) mass is 581 g/mol. The van der Waals surface area contributed by atoms with Gasteiger partial charge < -0.3 is 4.74 Å². The number of methoxy groups -OCH3 is 1. The van der Waals surface area contributed by atoms with Gasteiger partial charge in [0, 0.05) is 5.02 Å². The third kappa shape index (κ3) is 6.30. The second-order valence-corrected chi connectivity index (χ2v) is 11.8. The van der Waals surface area contributed by atoms with Gasteiger partial charge in [-0.25, -0.2) is 21.6 Å². The fourth-order valence-corrected chi connectivity index (χ4v) is 6.20. The van der Waals surface area contributed by atoms with E-state index in [2.05, 4.69) is 4.74 Å². The highest BCUT2D eigenvalue weighted by atomic mass is 35.5. The van der Waals surface area contributed by atoms with Gasteiger partial charge in [-0.15, -0.1) is 0 Å². The molecule has 3 aromatic rings. The fraction of sp³-hybridized carbons (Fsp3) is 0.136. The number of carbonyl (C=O) groups excluding carboxylic acids is 1. The number of ether oxygens (including phenoxy) is 1. The van der Waals surface area contributed by atoms with Gasteiger partial charge >= 0.3 is 12.1 Å². The van der Waals surface area contributed by atoms with Crippen LogP contribution in [0.1, 0.15) is 21.5 Å². The SMILES string of the molecule is COC(=O)c1cccc(CS(=O)(=O)c2ccc(Cl)cc2NS(=O)(=O)c2ccc(Cl)c(C(F)(F)F)c2)c1. The predicted molar refractivity (Wildman–Crippen MR) is 127 cm³/mol. The molecule has 0 saturated carbocycles. The second-order valence-electron chi connectivity index (χ2n) is 7.34. The number of nitrogens with one attached hydrogen (secondary N) is 1. The number of hydrogen-bond donors (Lipinski definition) is 1. The van der Waals surface area contributed by atoms with E-state index < -0.39 is 63.8 Å². The molecule has 7 nitrogen and oxygen atoms in total. The van der Waals surface area contributed by atoms with Crippen LogP contribution in [0.25, 0.3) is 0 Å². The Morgan fingerprint density at radius 3 is 2.31 bits per heavy atom. The molecule has 0 aliphatic rings. The Hall–Kier alpha value is -2.80. The maximum atomic E-state index is 13.2. The van der Waals surface area contributed by atoms with Gasteiger partial charge in [-0.3, -0.25) is 4.72 Å². The van der Waals surface area contributed by atoms with Crippen LogP contribution in [-0.2, 0) is 36.5 Å². The quantitative estimate of drug-likeness (QED) is 0.365. The third-order valence-corrected chi connectivity index (χ3v) is 8.45. The van der Waals surface area contributed by atoms with Crippen LogP contribution in [0, 0.1) is 0 Å². The highest BCUT2D eigenvalue weighted by molar-refractivity contribution is 7.93. The maximum absolute atomic E-state index is 13.2. The van der Waals surface area contributed by atoms with Crippen LogP contribution in [-0.4, -0.2) is 29.9 Å². The van der Waals surface area contributed by atoms with Crippen molar-refractivity contribution in [2.75, 3.05) is 11.8 Å². The summed E-state index contributed by atoms with van der Waals surface area (Å²) in [6.45, 7) is 0. The lowest BCUT2D eigenvalue weighted by Gasteiger charge is -2.15. The molecule has 0 heterocycles. The normalized spacial score (nSPS) is 12.3. The molecule has 3 aromatic carbocycles. The van der Waals surface area contributed by atoms with Crippen molar-refractivity contribution < 1.29 is 39.5 Å². The fourth-order valence-electron chi connectivity index (χ4n) is 3.15. The minimum atomic E-state index is -4.92. The van der Waals surface area contributed by atoms with E-state index in [1.807, 2.05) is 4.72 Å². The van der Waals surface area contributed by atoms with Gasteiger partial charge in [-0.2, -0.15) is 13.2 Å². The summed E-state index contributed by atoms with van der Waals surface area (Å²) >= 11 is 11.5. The first-order chi connectivity index (χ1) is 16.6. The van der Waals surface area contributed by atoms with Gasteiger partial charge in [0.2, 0.25) is 0 Å². The molecule has 0 amide bonds. The van der Waals surface area contributed by atoms with Gasteiger partial charge in [0.15, 0.2) is 9.84 Å². The summed E-state index contributed by atoms with van der Waals surface area (Å²) in [5.41, 5.74) is -1.55. The van der Waals surface area contributed by atoms with E-state index in [4.69, 9.17) is 23.2 Å². The van der Waals surface area contributed by atoms with E-state index in [0.717, 1.165) is 31.4 Å². The smallest absolute Gasteiger partial charge is 0.417 e. The molecule has 0 bridgehead atoms. The number of halogens is 5. The number of alkyl halides is 3. The number of hydrogen-bond acceptors (Lipinski definition) is 6. The predicted octanol–water partition coefficient (Wildman–Crippen LogP) is 5.57. The van der Waals surface area contributed by atoms with Crippen LogP contribution in [0.5, 0.6) is 0 Å². The molecule has 0 radical (unpaired) electrons. The molecule has 0 unspecified atom stereocenters. The number of carbonyl (C=O) groups is 1. The Balaban J connectivity index is 2.02. The third-order valence-electron chi connectivity index (χ3n) is 4.78. The molecular weight excluding hydrogens is 566 g/mol. The van der Waals surface area contributed by atoms with Crippen LogP contribution in [0.4, 0.5) is 18.9 Å². The van der Waals surface area contributed by atoms with Crippen molar-refractivity contribution in [2.45, 2.75) is 21.7 Å². The Morgan fingerprint density at radius 1 is 0.972 bits per heavy atom. The van der Waals surface area contributed by atoms with Crippen LogP contribution < -0.4 is 4.72 Å². The van der Waals surface area contributed by atoms with Crippen molar-refractivity contribution in [3.05, 3.63) is 87.4 Å². The first-order valence-corrected chi connectivity index (χ1v) is 13.6. The molecular formula is C22H16Cl2F3NO6S2. The summed E-state index contributed by atoms with van der Waals surface area (Å²) < 4.78 is 98.3. The molecule has 0 aliphatic carbocycles. The average Bonchev–Trinajstić information content (AvgIpc) is 2.77. The molecule has 3 rings (SSSR count). The Kier molecular flexibility index (Phi) is 7.94. The Bertz CT molecular complexity index is 1540. The summed E-state index contributed by atoms with van der Waals surface area (Å²) in [5, 5.41) is -0.743. The largest absolute Gasteiger partial charge is 0.465 e. The second kappa shape index (κ2) is 10.3. The summed E-state index contributed by atoms with van der Waals surface area (Å²) in [7, 11) is -7.78. The molecule has 14 heteroatoms. The van der Waals surface area contributed by atoms with E-state index in [9.17, 15) is 34.8 Å². The van der Waals surface area contributed by atoms with Crippen molar-refractivity contribution >= 4 is 54.7 Å². The van der Waals surface area contributed by atoms with Crippen LogP contribution in [0.15, 0.2) is 70.5 Å². The number of sulfonamides is 1. The van der Waals surface area contributed by atoms with E-state index in [0.29, 0.717) is 6.07 Å². The van der Waals surface area contributed by atoms with Gasteiger partial charge in [0.1, 0.15) is 0 Å². The number of esters is 1. The zero-order valence-electron chi connectivity index (χ0n) is 18.1. The van der Waals surface area contributed by atoms with Gasteiger partial charge in [0.25, 0.3) is 10.0 Å². The number of benzene rings is 3. The van der Waals surface area contributed by atoms with Crippen LogP contribution in [0.3, 0.4) is 0 Å². The average molecular weight is 582 g/mol. The Morgan fingerprint density at radius 2 is 1.67 bits per heavy atom. The summed E-state index contributed by atoms with van der Waals surface area (Å²) in [6.07, 6.45) is -4.92. The molecule has 0 fully saturated rings. The highest BCUT2D eigenvalue weighted by Crippen LogP contribution is 2.37. The van der Waals surface area contributed by atoms with E-state index in [-0.39, 0.29) is 16.1 Å². The number of anilines is 1. The van der Waals surface area contributed by atoms with Gasteiger partial charge in [0.05, 0.1) is 44.5 Å². The van der Waals surface area contributed by atoms with Crippen LogP contribution in [0.2, 0.25) is 10.0 Å². The van der Waals surface area contributed by atoms with Crippen molar-refractivity contribution in [2.24, 2.45) is 0 Å². The maximum Gasteiger partial charge on any atom is 0.417 e. The lowest BCUT2D eigenvalue weighted by atomic mass is 10.1. The topological polar surface area (TPSA) is 107 Å².